The van der Waals surface area contributed by atoms with Crippen LogP contribution in [0.1, 0.15) is 37.7 Å². The number of carbonyl (C=O) groups excluding carboxylic acids is 1. The Bertz CT molecular complexity index is 1310. The number of rotatable bonds is 5. The lowest BCUT2D eigenvalue weighted by atomic mass is 10.1. The van der Waals surface area contributed by atoms with Crippen molar-refractivity contribution in [2.45, 2.75) is 19.5 Å². The zero-order valence-corrected chi connectivity index (χ0v) is 17.4. The van der Waals surface area contributed by atoms with Crippen LogP contribution in [0.4, 0.5) is 18.3 Å². The Morgan fingerprint density at radius 2 is 2.03 bits per heavy atom. The van der Waals surface area contributed by atoms with Gasteiger partial charge in [-0.15, -0.1) is 11.3 Å². The number of nitrogens with zero attached hydrogens (tertiary/aromatic N) is 3. The highest BCUT2D eigenvalue weighted by molar-refractivity contribution is 7.15. The molecular formula is C22H15F3N4O2S. The number of anilines is 1. The Balaban J connectivity index is 1.52. The number of nitriles is 1. The van der Waals surface area contributed by atoms with Crippen molar-refractivity contribution in [1.29, 1.82) is 5.26 Å². The molecule has 0 atom stereocenters. The largest absolute Gasteiger partial charge is 0.443 e. The first-order chi connectivity index (χ1) is 15.3. The van der Waals surface area contributed by atoms with Gasteiger partial charge in [0.15, 0.2) is 5.13 Å². The van der Waals surface area contributed by atoms with Crippen LogP contribution >= 0.6 is 11.3 Å². The number of amides is 1. The molecule has 3 heterocycles. The average molecular weight is 456 g/mol. The minimum absolute atomic E-state index is 0.0944. The maximum atomic E-state index is 12.9. The standard InChI is InChI=1S/C22H15F3N4O2S/c1-13-18(17(11-26)20(31-13)29-7-2-3-8-29)19(30)28-21-27-12-16(32-21)10-14-5-4-6-15(9-14)22(23,24)25/h2-9,12H,10H2,1H3,(H,27,28,30). The number of hydrogen-bond acceptors (Lipinski definition) is 5. The molecule has 0 saturated heterocycles. The number of carbonyl (C=O) groups is 1. The van der Waals surface area contributed by atoms with E-state index in [9.17, 15) is 23.2 Å². The maximum absolute atomic E-state index is 12.9. The molecule has 0 spiro atoms. The van der Waals surface area contributed by atoms with Crippen LogP contribution < -0.4 is 5.32 Å². The van der Waals surface area contributed by atoms with Gasteiger partial charge in [-0.05, 0) is 30.7 Å². The molecule has 0 saturated carbocycles. The number of hydrogen-bond donors (Lipinski definition) is 1. The number of furan rings is 1. The maximum Gasteiger partial charge on any atom is 0.416 e. The molecule has 0 fully saturated rings. The van der Waals surface area contributed by atoms with Crippen LogP contribution in [0.3, 0.4) is 0 Å². The molecule has 4 rings (SSSR count). The molecule has 0 aliphatic carbocycles. The molecule has 162 valence electrons. The summed E-state index contributed by atoms with van der Waals surface area (Å²) >= 11 is 1.14. The van der Waals surface area contributed by atoms with Crippen LogP contribution in [0.25, 0.3) is 5.88 Å². The van der Waals surface area contributed by atoms with E-state index < -0.39 is 17.6 Å². The molecular weight excluding hydrogens is 441 g/mol. The summed E-state index contributed by atoms with van der Waals surface area (Å²) in [4.78, 5) is 17.6. The van der Waals surface area contributed by atoms with Crippen LogP contribution in [-0.4, -0.2) is 15.5 Å². The summed E-state index contributed by atoms with van der Waals surface area (Å²) < 4.78 is 46.0. The summed E-state index contributed by atoms with van der Waals surface area (Å²) in [5.41, 5.74) is -0.0380. The molecule has 4 aromatic rings. The third-order valence-corrected chi connectivity index (χ3v) is 5.56. The predicted octanol–water partition coefficient (Wildman–Crippen LogP) is 5.57. The predicted molar refractivity (Wildman–Crippen MR) is 112 cm³/mol. The number of alkyl halides is 3. The van der Waals surface area contributed by atoms with Crippen molar-refractivity contribution in [3.63, 3.8) is 0 Å². The molecule has 1 amide bonds. The van der Waals surface area contributed by atoms with Gasteiger partial charge in [0.1, 0.15) is 23.0 Å². The lowest BCUT2D eigenvalue weighted by Gasteiger charge is -2.07. The van der Waals surface area contributed by atoms with Crippen molar-refractivity contribution in [3.8, 4) is 12.0 Å². The van der Waals surface area contributed by atoms with E-state index in [2.05, 4.69) is 10.3 Å². The van der Waals surface area contributed by atoms with Crippen molar-refractivity contribution in [2.75, 3.05) is 5.32 Å². The van der Waals surface area contributed by atoms with Gasteiger partial charge in [-0.3, -0.25) is 14.7 Å². The first kappa shape index (κ1) is 21.4. The molecule has 10 heteroatoms. The second kappa shape index (κ2) is 8.36. The van der Waals surface area contributed by atoms with Crippen molar-refractivity contribution >= 4 is 22.4 Å². The lowest BCUT2D eigenvalue weighted by Crippen LogP contribution is -2.13. The first-order valence-electron chi connectivity index (χ1n) is 9.35. The van der Waals surface area contributed by atoms with E-state index in [1.807, 2.05) is 6.07 Å². The topological polar surface area (TPSA) is 83.8 Å². The summed E-state index contributed by atoms with van der Waals surface area (Å²) in [5, 5.41) is 12.5. The van der Waals surface area contributed by atoms with Gasteiger partial charge in [-0.2, -0.15) is 18.4 Å². The van der Waals surface area contributed by atoms with Crippen molar-refractivity contribution < 1.29 is 22.4 Å². The highest BCUT2D eigenvalue weighted by Crippen LogP contribution is 2.31. The minimum atomic E-state index is -4.41. The van der Waals surface area contributed by atoms with Crippen molar-refractivity contribution in [3.05, 3.63) is 87.9 Å². The quantitative estimate of drug-likeness (QED) is 0.426. The smallest absolute Gasteiger partial charge is 0.416 e. The van der Waals surface area contributed by atoms with Crippen LogP contribution in [0.5, 0.6) is 0 Å². The molecule has 1 N–H and O–H groups in total. The van der Waals surface area contributed by atoms with Gasteiger partial charge in [0.2, 0.25) is 5.88 Å². The lowest BCUT2D eigenvalue weighted by molar-refractivity contribution is -0.137. The highest BCUT2D eigenvalue weighted by atomic mass is 32.1. The highest BCUT2D eigenvalue weighted by Gasteiger charge is 2.30. The van der Waals surface area contributed by atoms with Crippen molar-refractivity contribution in [2.24, 2.45) is 0 Å². The van der Waals surface area contributed by atoms with Crippen molar-refractivity contribution in [1.82, 2.24) is 9.55 Å². The molecule has 0 radical (unpaired) electrons. The number of halogens is 3. The van der Waals surface area contributed by atoms with Gasteiger partial charge >= 0.3 is 6.18 Å². The van der Waals surface area contributed by atoms with E-state index in [0.717, 1.165) is 23.5 Å². The Kier molecular flexibility index (Phi) is 5.59. The SMILES string of the molecule is Cc1oc(-n2cccc2)c(C#N)c1C(=O)Nc1ncc(Cc2cccc(C(F)(F)F)c2)s1. The zero-order chi connectivity index (χ0) is 22.9. The fourth-order valence-electron chi connectivity index (χ4n) is 3.22. The van der Waals surface area contributed by atoms with E-state index >= 15 is 0 Å². The molecule has 0 unspecified atom stereocenters. The van der Waals surface area contributed by atoms with E-state index in [0.29, 0.717) is 10.4 Å². The fraction of sp³-hybridized carbons (Fsp3) is 0.136. The number of aryl methyl sites for hydroxylation is 1. The van der Waals surface area contributed by atoms with E-state index in [1.54, 1.807) is 42.1 Å². The number of benzene rings is 1. The van der Waals surface area contributed by atoms with Crippen LogP contribution in [0.15, 0.2) is 59.4 Å². The second-order valence-electron chi connectivity index (χ2n) is 6.88. The molecule has 0 aliphatic heterocycles. The van der Waals surface area contributed by atoms with Crippen LogP contribution in [0, 0.1) is 18.3 Å². The number of nitrogens with one attached hydrogen (secondary N) is 1. The van der Waals surface area contributed by atoms with Gasteiger partial charge in [0.05, 0.1) is 5.56 Å². The number of aromatic nitrogens is 2. The van der Waals surface area contributed by atoms with E-state index in [4.69, 9.17) is 4.42 Å². The molecule has 6 nitrogen and oxygen atoms in total. The third-order valence-electron chi connectivity index (χ3n) is 4.65. The number of thiazole rings is 1. The Labute approximate surface area is 184 Å². The molecule has 32 heavy (non-hydrogen) atoms. The van der Waals surface area contributed by atoms with Gasteiger partial charge < -0.3 is 4.42 Å². The van der Waals surface area contributed by atoms with Gasteiger partial charge in [0, 0.05) is 29.9 Å². The average Bonchev–Trinajstić information content (AvgIpc) is 3.47. The Hall–Kier alpha value is -3.84. The zero-order valence-electron chi connectivity index (χ0n) is 16.6. The molecule has 1 aromatic carbocycles. The fourth-order valence-corrected chi connectivity index (χ4v) is 4.07. The third kappa shape index (κ3) is 4.29. The Morgan fingerprint density at radius 3 is 2.72 bits per heavy atom. The molecule has 0 aliphatic rings. The summed E-state index contributed by atoms with van der Waals surface area (Å²) in [7, 11) is 0. The molecule has 0 bridgehead atoms. The normalized spacial score (nSPS) is 11.3. The second-order valence-corrected chi connectivity index (χ2v) is 7.99. The minimum Gasteiger partial charge on any atom is -0.443 e. The summed E-state index contributed by atoms with van der Waals surface area (Å²) in [5.74, 6) is -0.0332. The van der Waals surface area contributed by atoms with E-state index in [1.165, 1.54) is 12.3 Å². The Morgan fingerprint density at radius 1 is 1.28 bits per heavy atom. The van der Waals surface area contributed by atoms with E-state index in [-0.39, 0.29) is 34.3 Å². The van der Waals surface area contributed by atoms with Gasteiger partial charge in [0.25, 0.3) is 5.91 Å². The summed E-state index contributed by atoms with van der Waals surface area (Å²) in [6.45, 7) is 1.59. The first-order valence-corrected chi connectivity index (χ1v) is 10.2. The summed E-state index contributed by atoms with van der Waals surface area (Å²) in [6, 6.07) is 10.6. The monoisotopic (exact) mass is 456 g/mol. The van der Waals surface area contributed by atoms with Gasteiger partial charge in [-0.25, -0.2) is 4.98 Å². The van der Waals surface area contributed by atoms with Gasteiger partial charge in [-0.1, -0.05) is 18.2 Å². The van der Waals surface area contributed by atoms with Crippen LogP contribution in [0.2, 0.25) is 0 Å². The molecule has 3 aromatic heterocycles. The summed E-state index contributed by atoms with van der Waals surface area (Å²) in [6.07, 6.45) is 0.718. The van der Waals surface area contributed by atoms with Crippen LogP contribution in [-0.2, 0) is 12.6 Å².